The third-order valence-corrected chi connectivity index (χ3v) is 4.74. The number of anilines is 1. The summed E-state index contributed by atoms with van der Waals surface area (Å²) in [5.41, 5.74) is 0.571. The lowest BCUT2D eigenvalue weighted by Crippen LogP contribution is -2.42. The van der Waals surface area contributed by atoms with Gasteiger partial charge in [0.05, 0.1) is 6.07 Å². The lowest BCUT2D eigenvalue weighted by molar-refractivity contribution is 0.263. The number of nitrogens with one attached hydrogen (secondary N) is 1. The molecule has 0 bridgehead atoms. The lowest BCUT2D eigenvalue weighted by atomic mass is 9.74. The number of hydrogen-bond acceptors (Lipinski definition) is 2. The number of nitrogens with zero attached hydrogens (tertiary/aromatic N) is 1. The zero-order valence-corrected chi connectivity index (χ0v) is 11.8. The highest BCUT2D eigenvalue weighted by atomic mass is 35.5. The summed E-state index contributed by atoms with van der Waals surface area (Å²) in [6.45, 7) is 0. The summed E-state index contributed by atoms with van der Waals surface area (Å²) in [6.07, 6.45) is 7.11. The SMILES string of the molecule is N#CC1(Nc2cccc(Cl)c2)CCCC(C2CC2)C1. The van der Waals surface area contributed by atoms with Gasteiger partial charge in [0.25, 0.3) is 0 Å². The molecule has 1 N–H and O–H groups in total. The van der Waals surface area contributed by atoms with Crippen LogP contribution in [0.15, 0.2) is 24.3 Å². The topological polar surface area (TPSA) is 35.8 Å². The Morgan fingerprint density at radius 2 is 2.11 bits per heavy atom. The van der Waals surface area contributed by atoms with E-state index in [9.17, 15) is 5.26 Å². The molecule has 2 nitrogen and oxygen atoms in total. The number of nitriles is 1. The Labute approximate surface area is 119 Å². The fraction of sp³-hybridized carbons (Fsp3) is 0.562. The third kappa shape index (κ3) is 2.87. The molecule has 3 rings (SSSR count). The van der Waals surface area contributed by atoms with Crippen molar-refractivity contribution in [3.8, 4) is 6.07 Å². The highest BCUT2D eigenvalue weighted by Gasteiger charge is 2.42. The first-order valence-electron chi connectivity index (χ1n) is 7.16. The normalized spacial score (nSPS) is 30.6. The van der Waals surface area contributed by atoms with E-state index >= 15 is 0 Å². The van der Waals surface area contributed by atoms with Gasteiger partial charge in [-0.05, 0) is 68.6 Å². The molecule has 0 spiro atoms. The summed E-state index contributed by atoms with van der Waals surface area (Å²) in [5, 5.41) is 13.8. The number of halogens is 1. The van der Waals surface area contributed by atoms with Crippen molar-refractivity contribution in [3.05, 3.63) is 29.3 Å². The van der Waals surface area contributed by atoms with Crippen LogP contribution >= 0.6 is 11.6 Å². The molecule has 1 aromatic carbocycles. The van der Waals surface area contributed by atoms with Gasteiger partial charge in [-0.1, -0.05) is 17.7 Å². The second-order valence-corrected chi connectivity index (χ2v) is 6.46. The average molecular weight is 275 g/mol. The maximum Gasteiger partial charge on any atom is 0.125 e. The molecule has 2 aliphatic carbocycles. The van der Waals surface area contributed by atoms with Crippen molar-refractivity contribution in [3.63, 3.8) is 0 Å². The van der Waals surface area contributed by atoms with E-state index in [1.807, 2.05) is 24.3 Å². The van der Waals surface area contributed by atoms with E-state index in [-0.39, 0.29) is 0 Å². The van der Waals surface area contributed by atoms with E-state index in [4.69, 9.17) is 11.6 Å². The molecule has 0 aliphatic heterocycles. The van der Waals surface area contributed by atoms with E-state index < -0.39 is 5.54 Å². The van der Waals surface area contributed by atoms with Gasteiger partial charge in [-0.3, -0.25) is 0 Å². The van der Waals surface area contributed by atoms with Crippen LogP contribution in [-0.4, -0.2) is 5.54 Å². The van der Waals surface area contributed by atoms with Gasteiger partial charge < -0.3 is 5.32 Å². The standard InChI is InChI=1S/C16H19ClN2/c17-14-4-1-5-15(9-14)19-16(11-18)8-2-3-13(10-16)12-6-7-12/h1,4-5,9,12-13,19H,2-3,6-8,10H2. The fourth-order valence-corrected chi connectivity index (χ4v) is 3.56. The summed E-state index contributed by atoms with van der Waals surface area (Å²) < 4.78 is 0. The maximum absolute atomic E-state index is 9.65. The van der Waals surface area contributed by atoms with E-state index in [1.54, 1.807) is 0 Å². The second kappa shape index (κ2) is 5.06. The molecular formula is C16H19ClN2. The molecule has 2 aliphatic rings. The number of hydrogen-bond donors (Lipinski definition) is 1. The molecule has 1 aromatic rings. The van der Waals surface area contributed by atoms with Crippen molar-refractivity contribution < 1.29 is 0 Å². The van der Waals surface area contributed by atoms with Gasteiger partial charge in [0.15, 0.2) is 0 Å². The van der Waals surface area contributed by atoms with Gasteiger partial charge in [-0.2, -0.15) is 5.26 Å². The van der Waals surface area contributed by atoms with E-state index in [1.165, 1.54) is 19.3 Å². The van der Waals surface area contributed by atoms with Crippen LogP contribution in [0.1, 0.15) is 38.5 Å². The van der Waals surface area contributed by atoms with E-state index in [0.717, 1.165) is 36.8 Å². The molecule has 0 radical (unpaired) electrons. The van der Waals surface area contributed by atoms with Crippen molar-refractivity contribution >= 4 is 17.3 Å². The molecule has 3 heteroatoms. The van der Waals surface area contributed by atoms with E-state index in [2.05, 4.69) is 11.4 Å². The molecule has 0 saturated heterocycles. The molecular weight excluding hydrogens is 256 g/mol. The summed E-state index contributed by atoms with van der Waals surface area (Å²) in [6, 6.07) is 10.2. The molecule has 2 fully saturated rings. The lowest BCUT2D eigenvalue weighted by Gasteiger charge is -2.37. The largest absolute Gasteiger partial charge is 0.367 e. The van der Waals surface area contributed by atoms with Gasteiger partial charge in [0, 0.05) is 10.7 Å². The first-order valence-corrected chi connectivity index (χ1v) is 7.54. The molecule has 0 aromatic heterocycles. The zero-order valence-electron chi connectivity index (χ0n) is 11.0. The molecule has 2 unspecified atom stereocenters. The van der Waals surface area contributed by atoms with Gasteiger partial charge in [0.2, 0.25) is 0 Å². The smallest absolute Gasteiger partial charge is 0.125 e. The Bertz CT molecular complexity index is 504. The number of rotatable bonds is 3. The Morgan fingerprint density at radius 3 is 2.79 bits per heavy atom. The maximum atomic E-state index is 9.65. The van der Waals surface area contributed by atoms with Gasteiger partial charge in [0.1, 0.15) is 5.54 Å². The predicted molar refractivity (Wildman–Crippen MR) is 78.1 cm³/mol. The minimum absolute atomic E-state index is 0.393. The van der Waals surface area contributed by atoms with Gasteiger partial charge in [-0.25, -0.2) is 0 Å². The Hall–Kier alpha value is -1.20. The minimum Gasteiger partial charge on any atom is -0.367 e. The summed E-state index contributed by atoms with van der Waals surface area (Å²) in [7, 11) is 0. The van der Waals surface area contributed by atoms with Crippen molar-refractivity contribution in [2.24, 2.45) is 11.8 Å². The summed E-state index contributed by atoms with van der Waals surface area (Å²) >= 11 is 6.02. The first-order chi connectivity index (χ1) is 9.21. The molecule has 0 heterocycles. The van der Waals surface area contributed by atoms with Crippen molar-refractivity contribution in [2.75, 3.05) is 5.32 Å². The van der Waals surface area contributed by atoms with Crippen molar-refractivity contribution in [1.82, 2.24) is 0 Å². The Balaban J connectivity index is 1.77. The number of benzene rings is 1. The molecule has 0 amide bonds. The van der Waals surface area contributed by atoms with E-state index in [0.29, 0.717) is 5.02 Å². The van der Waals surface area contributed by atoms with Crippen molar-refractivity contribution in [2.45, 2.75) is 44.1 Å². The molecule has 100 valence electrons. The van der Waals surface area contributed by atoms with Gasteiger partial charge >= 0.3 is 0 Å². The molecule has 2 atom stereocenters. The van der Waals surface area contributed by atoms with Crippen LogP contribution in [0.3, 0.4) is 0 Å². The van der Waals surface area contributed by atoms with Crippen molar-refractivity contribution in [1.29, 1.82) is 5.26 Å². The monoisotopic (exact) mass is 274 g/mol. The van der Waals surface area contributed by atoms with Gasteiger partial charge in [-0.15, -0.1) is 0 Å². The highest BCUT2D eigenvalue weighted by molar-refractivity contribution is 6.30. The average Bonchev–Trinajstić information content (AvgIpc) is 3.23. The quantitative estimate of drug-likeness (QED) is 0.873. The first kappa shape index (κ1) is 12.8. The molecule has 19 heavy (non-hydrogen) atoms. The fourth-order valence-electron chi connectivity index (χ4n) is 3.37. The molecule has 2 saturated carbocycles. The Kier molecular flexibility index (Phi) is 3.41. The third-order valence-electron chi connectivity index (χ3n) is 4.50. The van der Waals surface area contributed by atoms with Crippen LogP contribution < -0.4 is 5.32 Å². The Morgan fingerprint density at radius 1 is 1.26 bits per heavy atom. The predicted octanol–water partition coefficient (Wildman–Crippen LogP) is 4.61. The summed E-state index contributed by atoms with van der Waals surface area (Å²) in [5.74, 6) is 1.62. The minimum atomic E-state index is -0.393. The van der Waals surface area contributed by atoms with Crippen LogP contribution in [0.2, 0.25) is 5.02 Å². The van der Waals surface area contributed by atoms with Crippen LogP contribution in [-0.2, 0) is 0 Å². The van der Waals surface area contributed by atoms with Crippen LogP contribution in [0.4, 0.5) is 5.69 Å². The zero-order chi connectivity index (χ0) is 13.3. The summed E-state index contributed by atoms with van der Waals surface area (Å²) in [4.78, 5) is 0. The van der Waals surface area contributed by atoms with Crippen LogP contribution in [0.5, 0.6) is 0 Å². The van der Waals surface area contributed by atoms with Crippen LogP contribution in [0.25, 0.3) is 0 Å². The second-order valence-electron chi connectivity index (χ2n) is 6.02. The van der Waals surface area contributed by atoms with Crippen LogP contribution in [0, 0.1) is 23.2 Å². The highest BCUT2D eigenvalue weighted by Crippen LogP contribution is 2.47.